The number of halogens is 2. The lowest BCUT2D eigenvalue weighted by atomic mass is 10.2. The number of para-hydroxylation sites is 1. The highest BCUT2D eigenvalue weighted by molar-refractivity contribution is 7.18. The van der Waals surface area contributed by atoms with Crippen LogP contribution in [0.2, 0.25) is 5.02 Å². The molecule has 0 spiro atoms. The highest BCUT2D eigenvalue weighted by Crippen LogP contribution is 2.28. The third kappa shape index (κ3) is 5.37. The molecule has 0 radical (unpaired) electrons. The van der Waals surface area contributed by atoms with Crippen LogP contribution < -0.4 is 15.5 Å². The van der Waals surface area contributed by atoms with Crippen LogP contribution >= 0.6 is 22.9 Å². The molecular formula is C22H21ClFN3O2S. The second kappa shape index (κ2) is 9.73. The minimum absolute atomic E-state index is 0.0290. The van der Waals surface area contributed by atoms with Crippen molar-refractivity contribution in [3.63, 3.8) is 0 Å². The smallest absolute Gasteiger partial charge is 0.261 e. The van der Waals surface area contributed by atoms with Gasteiger partial charge < -0.3 is 15.5 Å². The van der Waals surface area contributed by atoms with E-state index in [1.54, 1.807) is 6.07 Å². The van der Waals surface area contributed by atoms with Gasteiger partial charge in [-0.15, -0.1) is 11.3 Å². The average Bonchev–Trinajstić information content (AvgIpc) is 3.08. The molecule has 2 aromatic carbocycles. The van der Waals surface area contributed by atoms with E-state index in [0.29, 0.717) is 23.0 Å². The Bertz CT molecular complexity index is 1060. The number of thiophene rings is 1. The molecule has 3 rings (SSSR count). The molecule has 2 amide bonds. The number of hydrogen-bond donors (Lipinski definition) is 2. The van der Waals surface area contributed by atoms with Gasteiger partial charge in [0.2, 0.25) is 0 Å². The Balaban J connectivity index is 1.58. The lowest BCUT2D eigenvalue weighted by Crippen LogP contribution is -2.32. The number of benzene rings is 2. The van der Waals surface area contributed by atoms with Crippen molar-refractivity contribution in [1.29, 1.82) is 0 Å². The van der Waals surface area contributed by atoms with Crippen LogP contribution in [-0.4, -0.2) is 32.0 Å². The number of aryl methyl sites for hydroxylation is 1. The van der Waals surface area contributed by atoms with Crippen LogP contribution in [0.5, 0.6) is 0 Å². The summed E-state index contributed by atoms with van der Waals surface area (Å²) in [4.78, 5) is 27.5. The largest absolute Gasteiger partial charge is 0.373 e. The van der Waals surface area contributed by atoms with Crippen molar-refractivity contribution >= 4 is 45.4 Å². The van der Waals surface area contributed by atoms with Crippen molar-refractivity contribution in [3.8, 4) is 0 Å². The summed E-state index contributed by atoms with van der Waals surface area (Å²) >= 11 is 7.12. The lowest BCUT2D eigenvalue weighted by molar-refractivity contribution is 0.0957. The summed E-state index contributed by atoms with van der Waals surface area (Å²) in [5, 5.41) is 6.17. The zero-order chi connectivity index (χ0) is 21.7. The van der Waals surface area contributed by atoms with Gasteiger partial charge in [-0.05, 0) is 48.9 Å². The lowest BCUT2D eigenvalue weighted by Gasteiger charge is -2.19. The maximum absolute atomic E-state index is 13.2. The van der Waals surface area contributed by atoms with E-state index >= 15 is 0 Å². The van der Waals surface area contributed by atoms with Crippen LogP contribution in [0.25, 0.3) is 0 Å². The van der Waals surface area contributed by atoms with E-state index in [1.807, 2.05) is 44.3 Å². The predicted octanol–water partition coefficient (Wildman–Crippen LogP) is 4.97. The molecule has 8 heteroatoms. The molecule has 2 N–H and O–H groups in total. The van der Waals surface area contributed by atoms with Crippen LogP contribution in [-0.2, 0) is 0 Å². The van der Waals surface area contributed by atoms with Crippen LogP contribution in [0.15, 0.2) is 54.6 Å². The number of anilines is 2. The van der Waals surface area contributed by atoms with Crippen molar-refractivity contribution in [2.24, 2.45) is 0 Å². The molecule has 0 fully saturated rings. The number of rotatable bonds is 7. The van der Waals surface area contributed by atoms with Gasteiger partial charge in [0.05, 0.1) is 20.5 Å². The van der Waals surface area contributed by atoms with E-state index in [4.69, 9.17) is 11.6 Å². The summed E-state index contributed by atoms with van der Waals surface area (Å²) in [5.41, 5.74) is 2.00. The molecule has 0 aliphatic heterocycles. The molecule has 30 heavy (non-hydrogen) atoms. The molecule has 1 aromatic heterocycles. The zero-order valence-corrected chi connectivity index (χ0v) is 18.1. The second-order valence-corrected chi connectivity index (χ2v) is 8.17. The van der Waals surface area contributed by atoms with Gasteiger partial charge in [-0.25, -0.2) is 4.39 Å². The second-order valence-electron chi connectivity index (χ2n) is 6.71. The minimum atomic E-state index is -0.514. The Labute approximate surface area is 183 Å². The first-order valence-electron chi connectivity index (χ1n) is 9.26. The molecule has 1 heterocycles. The van der Waals surface area contributed by atoms with Gasteiger partial charge in [0, 0.05) is 25.8 Å². The van der Waals surface area contributed by atoms with Crippen LogP contribution in [0.4, 0.5) is 15.1 Å². The number of hydrogen-bond acceptors (Lipinski definition) is 4. The fraction of sp³-hybridized carbons (Fsp3) is 0.182. The van der Waals surface area contributed by atoms with Crippen molar-refractivity contribution in [1.82, 2.24) is 5.32 Å². The van der Waals surface area contributed by atoms with E-state index in [2.05, 4.69) is 15.5 Å². The Kier molecular flexibility index (Phi) is 7.07. The summed E-state index contributed by atoms with van der Waals surface area (Å²) in [6.45, 7) is 2.95. The maximum atomic E-state index is 13.2. The van der Waals surface area contributed by atoms with Crippen LogP contribution in [0.3, 0.4) is 0 Å². The molecule has 0 aliphatic carbocycles. The first kappa shape index (κ1) is 21.8. The van der Waals surface area contributed by atoms with Gasteiger partial charge >= 0.3 is 0 Å². The fourth-order valence-electron chi connectivity index (χ4n) is 2.85. The van der Waals surface area contributed by atoms with E-state index in [-0.39, 0.29) is 16.5 Å². The quantitative estimate of drug-likeness (QED) is 0.540. The number of carbonyl (C=O) groups is 2. The Morgan fingerprint density at radius 2 is 1.83 bits per heavy atom. The topological polar surface area (TPSA) is 61.4 Å². The van der Waals surface area contributed by atoms with Crippen molar-refractivity contribution < 1.29 is 14.0 Å². The summed E-state index contributed by atoms with van der Waals surface area (Å²) in [6.07, 6.45) is 0. The summed E-state index contributed by atoms with van der Waals surface area (Å²) in [6, 6.07) is 15.2. The first-order valence-corrected chi connectivity index (χ1v) is 10.5. The maximum Gasteiger partial charge on any atom is 0.261 e. The molecule has 0 bridgehead atoms. The highest BCUT2D eigenvalue weighted by atomic mass is 35.5. The standard InChI is InChI=1S/C22H21ClFN3O2S/c1-14-12-19(26-21(28)17-9-8-15(24)13-18(17)23)30-20(14)22(29)25-10-11-27(2)16-6-4-3-5-7-16/h3-9,12-13H,10-11H2,1-2H3,(H,25,29)(H,26,28). The molecule has 0 saturated carbocycles. The van der Waals surface area contributed by atoms with E-state index < -0.39 is 11.7 Å². The number of amides is 2. The van der Waals surface area contributed by atoms with Gasteiger partial charge in [-0.3, -0.25) is 9.59 Å². The number of likely N-dealkylation sites (N-methyl/N-ethyl adjacent to an activating group) is 1. The van der Waals surface area contributed by atoms with Crippen LogP contribution in [0, 0.1) is 12.7 Å². The van der Waals surface area contributed by atoms with Crippen LogP contribution in [0.1, 0.15) is 25.6 Å². The van der Waals surface area contributed by atoms with Gasteiger partial charge in [0.25, 0.3) is 11.8 Å². The van der Waals surface area contributed by atoms with Gasteiger partial charge in [-0.2, -0.15) is 0 Å². The fourth-order valence-corrected chi connectivity index (χ4v) is 4.09. The number of carbonyl (C=O) groups excluding carboxylic acids is 2. The molecule has 0 unspecified atom stereocenters. The van der Waals surface area contributed by atoms with Gasteiger partial charge in [0.15, 0.2) is 0 Å². The van der Waals surface area contributed by atoms with Gasteiger partial charge in [0.1, 0.15) is 5.82 Å². The molecule has 156 valence electrons. The van der Waals surface area contributed by atoms with E-state index in [0.717, 1.165) is 17.3 Å². The number of nitrogens with zero attached hydrogens (tertiary/aromatic N) is 1. The molecule has 5 nitrogen and oxygen atoms in total. The number of nitrogens with one attached hydrogen (secondary N) is 2. The van der Waals surface area contributed by atoms with Crippen molar-refractivity contribution in [2.75, 3.05) is 30.4 Å². The molecular weight excluding hydrogens is 425 g/mol. The third-order valence-electron chi connectivity index (χ3n) is 4.47. The SMILES string of the molecule is Cc1cc(NC(=O)c2ccc(F)cc2Cl)sc1C(=O)NCCN(C)c1ccccc1. The Morgan fingerprint density at radius 3 is 2.53 bits per heavy atom. The van der Waals surface area contributed by atoms with Crippen molar-refractivity contribution in [2.45, 2.75) is 6.92 Å². The average molecular weight is 446 g/mol. The normalized spacial score (nSPS) is 10.5. The summed E-state index contributed by atoms with van der Waals surface area (Å²) in [5.74, 6) is -1.17. The molecule has 0 atom stereocenters. The first-order chi connectivity index (χ1) is 14.3. The van der Waals surface area contributed by atoms with E-state index in [1.165, 1.54) is 23.5 Å². The summed E-state index contributed by atoms with van der Waals surface area (Å²) in [7, 11) is 1.96. The predicted molar refractivity (Wildman–Crippen MR) is 120 cm³/mol. The minimum Gasteiger partial charge on any atom is -0.373 e. The third-order valence-corrected chi connectivity index (χ3v) is 5.93. The summed E-state index contributed by atoms with van der Waals surface area (Å²) < 4.78 is 13.2. The molecule has 0 saturated heterocycles. The Morgan fingerprint density at radius 1 is 1.10 bits per heavy atom. The van der Waals surface area contributed by atoms with Crippen molar-refractivity contribution in [3.05, 3.63) is 81.4 Å². The van der Waals surface area contributed by atoms with E-state index in [9.17, 15) is 14.0 Å². The Hall–Kier alpha value is -2.90. The van der Waals surface area contributed by atoms with Gasteiger partial charge in [-0.1, -0.05) is 29.8 Å². The zero-order valence-electron chi connectivity index (χ0n) is 16.5. The molecule has 0 aliphatic rings. The monoisotopic (exact) mass is 445 g/mol. The highest BCUT2D eigenvalue weighted by Gasteiger charge is 2.17. The molecule has 3 aromatic rings.